The largest absolute Gasteiger partial charge is 0.493 e. The lowest BCUT2D eigenvalue weighted by Crippen LogP contribution is -2.19. The van der Waals surface area contributed by atoms with Crippen LogP contribution in [-0.4, -0.2) is 36.4 Å². The quantitative estimate of drug-likeness (QED) is 0.728. The van der Waals surface area contributed by atoms with E-state index < -0.39 is 11.9 Å². The highest BCUT2D eigenvalue weighted by atomic mass is 32.2. The summed E-state index contributed by atoms with van der Waals surface area (Å²) in [6.07, 6.45) is 1.45. The molecular weight excluding hydrogens is 394 g/mol. The van der Waals surface area contributed by atoms with Gasteiger partial charge in [-0.1, -0.05) is 18.2 Å². The molecule has 0 aromatic heterocycles. The Morgan fingerprint density at radius 3 is 2.66 bits per heavy atom. The van der Waals surface area contributed by atoms with Gasteiger partial charge in [0.05, 0.1) is 30.4 Å². The molecule has 9 heteroatoms. The third kappa shape index (κ3) is 4.07. The Morgan fingerprint density at radius 2 is 2.00 bits per heavy atom. The van der Waals surface area contributed by atoms with E-state index in [0.717, 1.165) is 11.8 Å². The van der Waals surface area contributed by atoms with Crippen LogP contribution >= 0.6 is 11.8 Å². The maximum Gasteiger partial charge on any atom is 0.340 e. The number of nitriles is 1. The van der Waals surface area contributed by atoms with Gasteiger partial charge in [-0.2, -0.15) is 5.26 Å². The number of carbonyl (C=O) groups is 2. The van der Waals surface area contributed by atoms with Gasteiger partial charge in [-0.05, 0) is 41.6 Å². The van der Waals surface area contributed by atoms with E-state index in [0.29, 0.717) is 16.4 Å². The maximum absolute atomic E-state index is 12.3. The lowest BCUT2D eigenvalue weighted by molar-refractivity contribution is -0.115. The summed E-state index contributed by atoms with van der Waals surface area (Å²) in [5, 5.41) is 21.7. The highest BCUT2D eigenvalue weighted by Gasteiger charge is 2.26. The third-order valence-corrected chi connectivity index (χ3v) is 4.89. The van der Waals surface area contributed by atoms with Crippen LogP contribution in [0.15, 0.2) is 46.3 Å². The number of rotatable bonds is 5. The second-order valence-corrected chi connectivity index (χ2v) is 6.71. The van der Waals surface area contributed by atoms with E-state index in [1.54, 1.807) is 30.3 Å². The summed E-state index contributed by atoms with van der Waals surface area (Å²) in [4.78, 5) is 28.7. The molecule has 0 radical (unpaired) electrons. The van der Waals surface area contributed by atoms with Gasteiger partial charge in [-0.15, -0.1) is 0 Å². The average molecular weight is 409 g/mol. The van der Waals surface area contributed by atoms with Crippen LogP contribution in [0.2, 0.25) is 0 Å². The number of thioether (sulfide) groups is 1. The van der Waals surface area contributed by atoms with E-state index in [-0.39, 0.29) is 27.5 Å². The molecule has 1 saturated heterocycles. The van der Waals surface area contributed by atoms with Gasteiger partial charge < -0.3 is 19.9 Å². The van der Waals surface area contributed by atoms with Crippen LogP contribution in [-0.2, 0) is 4.79 Å². The molecule has 2 aromatic rings. The molecule has 2 N–H and O–H groups in total. The van der Waals surface area contributed by atoms with Crippen LogP contribution < -0.4 is 14.8 Å². The molecule has 1 aliphatic heterocycles. The SMILES string of the molecule is COc1ccc(/C=C2\SC(=Nc3ccccc3C#N)NC2=O)c(C(=O)O)c1OC. The van der Waals surface area contributed by atoms with Gasteiger partial charge in [0.2, 0.25) is 0 Å². The first-order valence-corrected chi connectivity index (χ1v) is 9.07. The van der Waals surface area contributed by atoms with E-state index in [2.05, 4.69) is 10.3 Å². The number of nitrogens with zero attached hydrogens (tertiary/aromatic N) is 2. The number of amidine groups is 1. The fraction of sp³-hybridized carbons (Fsp3) is 0.100. The molecule has 1 amide bonds. The topological polar surface area (TPSA) is 121 Å². The fourth-order valence-electron chi connectivity index (χ4n) is 2.68. The Morgan fingerprint density at radius 1 is 1.24 bits per heavy atom. The fourth-order valence-corrected chi connectivity index (χ4v) is 3.51. The number of para-hydroxylation sites is 1. The van der Waals surface area contributed by atoms with Crippen molar-refractivity contribution in [3.05, 3.63) is 58.0 Å². The molecule has 2 aromatic carbocycles. The number of carboxylic acid groups (broad SMARTS) is 1. The number of aliphatic imine (C=N–C) groups is 1. The second-order valence-electron chi connectivity index (χ2n) is 5.68. The number of carbonyl (C=O) groups excluding carboxylic acids is 1. The maximum atomic E-state index is 12.3. The van der Waals surface area contributed by atoms with Crippen LogP contribution in [0.3, 0.4) is 0 Å². The predicted molar refractivity (Wildman–Crippen MR) is 108 cm³/mol. The van der Waals surface area contributed by atoms with Crippen LogP contribution in [0, 0.1) is 11.3 Å². The monoisotopic (exact) mass is 409 g/mol. The molecule has 29 heavy (non-hydrogen) atoms. The molecule has 8 nitrogen and oxygen atoms in total. The van der Waals surface area contributed by atoms with Crippen molar-refractivity contribution in [1.82, 2.24) is 5.32 Å². The average Bonchev–Trinajstić information content (AvgIpc) is 3.06. The Kier molecular flexibility index (Phi) is 5.85. The summed E-state index contributed by atoms with van der Waals surface area (Å²) >= 11 is 1.05. The first kappa shape index (κ1) is 20.0. The molecule has 1 heterocycles. The molecule has 0 unspecified atom stereocenters. The van der Waals surface area contributed by atoms with Gasteiger partial charge in [0.25, 0.3) is 5.91 Å². The van der Waals surface area contributed by atoms with Gasteiger partial charge in [0.15, 0.2) is 16.7 Å². The smallest absolute Gasteiger partial charge is 0.340 e. The Hall–Kier alpha value is -3.77. The van der Waals surface area contributed by atoms with E-state index in [4.69, 9.17) is 14.7 Å². The minimum atomic E-state index is -1.21. The Bertz CT molecular complexity index is 1100. The van der Waals surface area contributed by atoms with E-state index in [1.807, 2.05) is 6.07 Å². The van der Waals surface area contributed by atoms with Crippen molar-refractivity contribution < 1.29 is 24.2 Å². The number of nitrogens with one attached hydrogen (secondary N) is 1. The summed E-state index contributed by atoms with van der Waals surface area (Å²) in [5.41, 5.74) is 0.969. The lowest BCUT2D eigenvalue weighted by atomic mass is 10.0. The molecule has 0 atom stereocenters. The van der Waals surface area contributed by atoms with E-state index in [9.17, 15) is 14.7 Å². The number of aromatic carboxylic acids is 1. The summed E-state index contributed by atoms with van der Waals surface area (Å²) in [6.45, 7) is 0. The zero-order chi connectivity index (χ0) is 21.0. The van der Waals surface area contributed by atoms with Crippen LogP contribution in [0.5, 0.6) is 11.5 Å². The van der Waals surface area contributed by atoms with E-state index >= 15 is 0 Å². The van der Waals surface area contributed by atoms with Crippen molar-refractivity contribution in [2.24, 2.45) is 4.99 Å². The summed E-state index contributed by atoms with van der Waals surface area (Å²) < 4.78 is 10.3. The van der Waals surface area contributed by atoms with Crippen molar-refractivity contribution in [2.75, 3.05) is 14.2 Å². The molecule has 0 aliphatic carbocycles. The number of ether oxygens (including phenoxy) is 2. The third-order valence-electron chi connectivity index (χ3n) is 3.98. The summed E-state index contributed by atoms with van der Waals surface area (Å²) in [6, 6.07) is 11.9. The normalized spacial score (nSPS) is 15.8. The van der Waals surface area contributed by atoms with Crippen molar-refractivity contribution in [3.63, 3.8) is 0 Å². The molecule has 0 saturated carbocycles. The zero-order valence-electron chi connectivity index (χ0n) is 15.4. The lowest BCUT2D eigenvalue weighted by Gasteiger charge is -2.12. The summed E-state index contributed by atoms with van der Waals surface area (Å²) in [5.74, 6) is -1.30. The molecule has 3 rings (SSSR count). The first-order valence-electron chi connectivity index (χ1n) is 8.25. The number of hydrogen-bond donors (Lipinski definition) is 2. The summed E-state index contributed by atoms with van der Waals surface area (Å²) in [7, 11) is 2.75. The zero-order valence-corrected chi connectivity index (χ0v) is 16.2. The number of methoxy groups -OCH3 is 2. The minimum Gasteiger partial charge on any atom is -0.493 e. The molecular formula is C20H15N3O5S. The van der Waals surface area contributed by atoms with Gasteiger partial charge >= 0.3 is 5.97 Å². The van der Waals surface area contributed by atoms with Gasteiger partial charge in [-0.3, -0.25) is 4.79 Å². The van der Waals surface area contributed by atoms with Gasteiger partial charge in [-0.25, -0.2) is 9.79 Å². The molecule has 1 fully saturated rings. The second kappa shape index (κ2) is 8.50. The van der Waals surface area contributed by atoms with Crippen LogP contribution in [0.25, 0.3) is 6.08 Å². The Labute approximate surface area is 170 Å². The van der Waals surface area contributed by atoms with Crippen molar-refractivity contribution in [2.45, 2.75) is 0 Å². The van der Waals surface area contributed by atoms with Crippen LogP contribution in [0.1, 0.15) is 21.5 Å². The minimum absolute atomic E-state index is 0.0644. The van der Waals surface area contributed by atoms with E-state index in [1.165, 1.54) is 26.4 Å². The van der Waals surface area contributed by atoms with Crippen molar-refractivity contribution >= 4 is 40.6 Å². The number of benzene rings is 2. The van der Waals surface area contributed by atoms with Crippen LogP contribution in [0.4, 0.5) is 5.69 Å². The number of amides is 1. The van der Waals surface area contributed by atoms with Crippen molar-refractivity contribution in [1.29, 1.82) is 5.26 Å². The van der Waals surface area contributed by atoms with Gasteiger partial charge in [0.1, 0.15) is 11.6 Å². The van der Waals surface area contributed by atoms with Gasteiger partial charge in [0, 0.05) is 0 Å². The highest BCUT2D eigenvalue weighted by molar-refractivity contribution is 8.18. The molecule has 0 bridgehead atoms. The molecule has 1 aliphatic rings. The molecule has 0 spiro atoms. The Balaban J connectivity index is 2.00. The standard InChI is InChI=1S/C20H15N3O5S/c1-27-14-8-7-11(16(19(25)26)17(14)28-2)9-15-18(24)23-20(29-15)22-13-6-4-3-5-12(13)10-21/h3-9H,1-2H3,(H,25,26)(H,22,23,24)/b15-9-. The number of carboxylic acids is 1. The molecule has 146 valence electrons. The predicted octanol–water partition coefficient (Wildman–Crippen LogP) is 3.17. The number of hydrogen-bond acceptors (Lipinski definition) is 7. The van der Waals surface area contributed by atoms with Crippen molar-refractivity contribution in [3.8, 4) is 17.6 Å². The highest BCUT2D eigenvalue weighted by Crippen LogP contribution is 2.36. The first-order chi connectivity index (χ1) is 14.0.